The Kier molecular flexibility index (Phi) is 6.74. The molecule has 0 saturated heterocycles. The first kappa shape index (κ1) is 21.1. The van der Waals surface area contributed by atoms with Crippen LogP contribution in [-0.4, -0.2) is 14.3 Å². The maximum Gasteiger partial charge on any atom is 0.251 e. The van der Waals surface area contributed by atoms with Gasteiger partial charge in [-0.15, -0.1) is 0 Å². The van der Waals surface area contributed by atoms with Crippen molar-refractivity contribution in [1.82, 2.24) is 10.0 Å². The summed E-state index contributed by atoms with van der Waals surface area (Å²) >= 11 is 5.92. The summed E-state index contributed by atoms with van der Waals surface area (Å²) in [6, 6.07) is 16.3. The van der Waals surface area contributed by atoms with E-state index in [-0.39, 0.29) is 23.4 Å². The number of carbonyl (C=O) groups excluding carboxylic acids is 1. The van der Waals surface area contributed by atoms with Gasteiger partial charge >= 0.3 is 0 Å². The van der Waals surface area contributed by atoms with Crippen LogP contribution in [0.15, 0.2) is 76.2 Å². The van der Waals surface area contributed by atoms with Crippen molar-refractivity contribution in [2.24, 2.45) is 0 Å². The number of hydrogen-bond donors (Lipinski definition) is 2. The van der Waals surface area contributed by atoms with Crippen molar-refractivity contribution >= 4 is 27.5 Å². The molecule has 6 nitrogen and oxygen atoms in total. The molecule has 3 rings (SSSR count). The van der Waals surface area contributed by atoms with E-state index in [0.717, 1.165) is 5.56 Å². The van der Waals surface area contributed by atoms with E-state index in [4.69, 9.17) is 16.0 Å². The molecular weight excluding hydrogens is 412 g/mol. The highest BCUT2D eigenvalue weighted by Crippen LogP contribution is 2.20. The standard InChI is InChI=1S/C21H21ClN2O4S/c1-2-20(15-5-9-17(22)10-6-15)24-21(25)16-7-11-19(12-8-16)29(26,27)23-14-18-4-3-13-28-18/h3-13,20,23H,2,14H2,1H3,(H,24,25)/t20-/m0/s1. The van der Waals surface area contributed by atoms with Crippen molar-refractivity contribution in [3.8, 4) is 0 Å². The Morgan fingerprint density at radius 2 is 1.76 bits per heavy atom. The van der Waals surface area contributed by atoms with Crippen molar-refractivity contribution in [2.75, 3.05) is 0 Å². The summed E-state index contributed by atoms with van der Waals surface area (Å²) in [4.78, 5) is 12.7. The van der Waals surface area contributed by atoms with Gasteiger partial charge in [-0.05, 0) is 60.5 Å². The van der Waals surface area contributed by atoms with Crippen molar-refractivity contribution < 1.29 is 17.6 Å². The second-order valence-electron chi connectivity index (χ2n) is 6.41. The Balaban J connectivity index is 1.66. The number of furan rings is 1. The number of carbonyl (C=O) groups is 1. The fourth-order valence-corrected chi connectivity index (χ4v) is 3.93. The minimum atomic E-state index is -3.71. The van der Waals surface area contributed by atoms with Gasteiger partial charge in [0.25, 0.3) is 5.91 Å². The van der Waals surface area contributed by atoms with Gasteiger partial charge in [-0.1, -0.05) is 30.7 Å². The Bertz CT molecular complexity index is 1050. The Morgan fingerprint density at radius 1 is 1.07 bits per heavy atom. The van der Waals surface area contributed by atoms with Gasteiger partial charge < -0.3 is 9.73 Å². The molecule has 0 aliphatic rings. The number of sulfonamides is 1. The van der Waals surface area contributed by atoms with Crippen molar-refractivity contribution in [2.45, 2.75) is 30.8 Å². The minimum Gasteiger partial charge on any atom is -0.468 e. The Hall–Kier alpha value is -2.61. The highest BCUT2D eigenvalue weighted by Gasteiger charge is 2.17. The molecule has 1 atom stereocenters. The van der Waals surface area contributed by atoms with E-state index in [1.54, 1.807) is 24.3 Å². The maximum atomic E-state index is 12.6. The molecule has 0 aliphatic heterocycles. The van der Waals surface area contributed by atoms with E-state index < -0.39 is 10.0 Å². The monoisotopic (exact) mass is 432 g/mol. The van der Waals surface area contributed by atoms with Crippen LogP contribution in [0.2, 0.25) is 5.02 Å². The molecular formula is C21H21ClN2O4S. The first-order chi connectivity index (χ1) is 13.9. The third kappa shape index (κ3) is 5.47. The number of rotatable bonds is 8. The zero-order chi connectivity index (χ0) is 20.9. The van der Waals surface area contributed by atoms with E-state index in [2.05, 4.69) is 10.0 Å². The van der Waals surface area contributed by atoms with Crippen LogP contribution in [0.5, 0.6) is 0 Å². The lowest BCUT2D eigenvalue weighted by Gasteiger charge is -2.18. The Labute approximate surface area is 174 Å². The predicted molar refractivity (Wildman–Crippen MR) is 111 cm³/mol. The van der Waals surface area contributed by atoms with Gasteiger partial charge in [-0.25, -0.2) is 13.1 Å². The third-order valence-corrected chi connectivity index (χ3v) is 6.10. The predicted octanol–water partition coefficient (Wildman–Crippen LogP) is 4.29. The largest absolute Gasteiger partial charge is 0.468 e. The topological polar surface area (TPSA) is 88.4 Å². The fraction of sp³-hybridized carbons (Fsp3) is 0.190. The molecule has 0 bridgehead atoms. The first-order valence-electron chi connectivity index (χ1n) is 9.07. The lowest BCUT2D eigenvalue weighted by atomic mass is 10.0. The molecule has 1 amide bonds. The highest BCUT2D eigenvalue weighted by atomic mass is 35.5. The number of halogens is 1. The zero-order valence-corrected chi connectivity index (χ0v) is 17.3. The fourth-order valence-electron chi connectivity index (χ4n) is 2.81. The van der Waals surface area contributed by atoms with Crippen LogP contribution < -0.4 is 10.0 Å². The molecule has 2 aromatic carbocycles. The van der Waals surface area contributed by atoms with Gasteiger partial charge in [-0.3, -0.25) is 4.79 Å². The molecule has 152 valence electrons. The smallest absolute Gasteiger partial charge is 0.251 e. The van der Waals surface area contributed by atoms with Gasteiger partial charge in [0.15, 0.2) is 0 Å². The molecule has 0 unspecified atom stereocenters. The summed E-state index contributed by atoms with van der Waals surface area (Å²) in [6.45, 7) is 2.02. The second-order valence-corrected chi connectivity index (χ2v) is 8.62. The molecule has 0 fully saturated rings. The average molecular weight is 433 g/mol. The number of benzene rings is 2. The van der Waals surface area contributed by atoms with Crippen molar-refractivity contribution in [3.63, 3.8) is 0 Å². The molecule has 1 heterocycles. The molecule has 1 aromatic heterocycles. The summed E-state index contributed by atoms with van der Waals surface area (Å²) in [6.07, 6.45) is 2.18. The number of nitrogens with one attached hydrogen (secondary N) is 2. The molecule has 29 heavy (non-hydrogen) atoms. The quantitative estimate of drug-likeness (QED) is 0.555. The normalized spacial score (nSPS) is 12.5. The molecule has 3 aromatic rings. The Morgan fingerprint density at radius 3 is 2.34 bits per heavy atom. The van der Waals surface area contributed by atoms with Crippen LogP contribution in [0.25, 0.3) is 0 Å². The second kappa shape index (κ2) is 9.26. The lowest BCUT2D eigenvalue weighted by Crippen LogP contribution is -2.28. The van der Waals surface area contributed by atoms with Gasteiger partial charge in [0.05, 0.1) is 23.7 Å². The van der Waals surface area contributed by atoms with E-state index >= 15 is 0 Å². The zero-order valence-electron chi connectivity index (χ0n) is 15.8. The van der Waals surface area contributed by atoms with Crippen molar-refractivity contribution in [3.05, 3.63) is 88.8 Å². The lowest BCUT2D eigenvalue weighted by molar-refractivity contribution is 0.0935. The SMILES string of the molecule is CC[C@H](NC(=O)c1ccc(S(=O)(=O)NCc2ccco2)cc1)c1ccc(Cl)cc1. The van der Waals surface area contributed by atoms with E-state index in [1.165, 1.54) is 30.5 Å². The van der Waals surface area contributed by atoms with E-state index in [1.807, 2.05) is 19.1 Å². The molecule has 0 saturated carbocycles. The molecule has 2 N–H and O–H groups in total. The number of amides is 1. The van der Waals surface area contributed by atoms with Gasteiger partial charge in [0, 0.05) is 10.6 Å². The average Bonchev–Trinajstić information content (AvgIpc) is 3.25. The molecule has 0 radical (unpaired) electrons. The van der Waals surface area contributed by atoms with Crippen LogP contribution in [-0.2, 0) is 16.6 Å². The summed E-state index contributed by atoms with van der Waals surface area (Å²) in [7, 11) is -3.71. The van der Waals surface area contributed by atoms with Gasteiger partial charge in [-0.2, -0.15) is 0 Å². The van der Waals surface area contributed by atoms with Crippen LogP contribution in [0.1, 0.15) is 41.1 Å². The van der Waals surface area contributed by atoms with E-state index in [0.29, 0.717) is 22.8 Å². The van der Waals surface area contributed by atoms with E-state index in [9.17, 15) is 13.2 Å². The highest BCUT2D eigenvalue weighted by molar-refractivity contribution is 7.89. The van der Waals surface area contributed by atoms with Crippen molar-refractivity contribution in [1.29, 1.82) is 0 Å². The minimum absolute atomic E-state index is 0.0524. The summed E-state index contributed by atoms with van der Waals surface area (Å²) < 4.78 is 32.3. The van der Waals surface area contributed by atoms with Crippen LogP contribution in [0.4, 0.5) is 0 Å². The maximum absolute atomic E-state index is 12.6. The van der Waals surface area contributed by atoms with Crippen LogP contribution in [0, 0.1) is 0 Å². The summed E-state index contributed by atoms with van der Waals surface area (Å²) in [5.41, 5.74) is 1.33. The molecule has 0 spiro atoms. The molecule has 8 heteroatoms. The third-order valence-electron chi connectivity index (χ3n) is 4.43. The molecule has 0 aliphatic carbocycles. The van der Waals surface area contributed by atoms with Gasteiger partial charge in [0.2, 0.25) is 10.0 Å². The first-order valence-corrected chi connectivity index (χ1v) is 10.9. The van der Waals surface area contributed by atoms with Gasteiger partial charge in [0.1, 0.15) is 5.76 Å². The van der Waals surface area contributed by atoms with Crippen LogP contribution >= 0.6 is 11.6 Å². The number of hydrogen-bond acceptors (Lipinski definition) is 4. The summed E-state index contributed by atoms with van der Waals surface area (Å²) in [5, 5.41) is 3.59. The van der Waals surface area contributed by atoms with Crippen LogP contribution in [0.3, 0.4) is 0 Å². The summed E-state index contributed by atoms with van der Waals surface area (Å²) in [5.74, 6) is 0.233.